The molecule has 2 aromatic rings. The van der Waals surface area contributed by atoms with E-state index in [2.05, 4.69) is 15.3 Å². The van der Waals surface area contributed by atoms with Crippen molar-refractivity contribution in [1.29, 1.82) is 0 Å². The van der Waals surface area contributed by atoms with Gasteiger partial charge in [-0.2, -0.15) is 17.7 Å². The lowest BCUT2D eigenvalue weighted by Gasteiger charge is -2.36. The average Bonchev–Trinajstić information content (AvgIpc) is 3.11. The lowest BCUT2D eigenvalue weighted by Crippen LogP contribution is -2.40. The van der Waals surface area contributed by atoms with Gasteiger partial charge in [-0.05, 0) is 39.5 Å². The summed E-state index contributed by atoms with van der Waals surface area (Å²) in [7, 11) is 0. The smallest absolute Gasteiger partial charge is 0.381 e. The van der Waals surface area contributed by atoms with Crippen LogP contribution in [0.25, 0.3) is 5.65 Å². The van der Waals surface area contributed by atoms with Crippen molar-refractivity contribution >= 4 is 11.5 Å². The van der Waals surface area contributed by atoms with Crippen LogP contribution in [-0.4, -0.2) is 58.3 Å². The first-order chi connectivity index (χ1) is 13.3. The standard InChI is InChI=1S/C18H24F3N5O2/c1-11-12(2)16(24-26-15(11)22-23-17(26)18(19,20)21)25-7-3-13(4-8-25)28-14-5-9-27-10-6-14/h13-14H,3-10H2,1-2H3. The van der Waals surface area contributed by atoms with Gasteiger partial charge in [0.25, 0.3) is 5.82 Å². The van der Waals surface area contributed by atoms with Crippen molar-refractivity contribution in [3.63, 3.8) is 0 Å². The van der Waals surface area contributed by atoms with Gasteiger partial charge < -0.3 is 14.4 Å². The highest BCUT2D eigenvalue weighted by molar-refractivity contribution is 5.59. The van der Waals surface area contributed by atoms with Crippen LogP contribution in [0.1, 0.15) is 42.6 Å². The lowest BCUT2D eigenvalue weighted by molar-refractivity contribution is -0.146. The van der Waals surface area contributed by atoms with Gasteiger partial charge in [-0.25, -0.2) is 0 Å². The summed E-state index contributed by atoms with van der Waals surface area (Å²) < 4.78 is 52.1. The molecule has 0 spiro atoms. The number of ether oxygens (including phenoxy) is 2. The van der Waals surface area contributed by atoms with E-state index >= 15 is 0 Å². The number of piperidine rings is 1. The number of alkyl halides is 3. The predicted octanol–water partition coefficient (Wildman–Crippen LogP) is 2.92. The highest BCUT2D eigenvalue weighted by atomic mass is 19.4. The van der Waals surface area contributed by atoms with Crippen LogP contribution in [0.4, 0.5) is 19.0 Å². The van der Waals surface area contributed by atoms with E-state index in [1.807, 2.05) is 11.8 Å². The first-order valence-electron chi connectivity index (χ1n) is 9.62. The van der Waals surface area contributed by atoms with E-state index in [0.717, 1.165) is 49.0 Å². The van der Waals surface area contributed by atoms with E-state index < -0.39 is 12.0 Å². The van der Waals surface area contributed by atoms with Crippen LogP contribution in [0.15, 0.2) is 0 Å². The number of hydrogen-bond donors (Lipinski definition) is 0. The Kier molecular flexibility index (Phi) is 5.17. The first-order valence-corrected chi connectivity index (χ1v) is 9.62. The van der Waals surface area contributed by atoms with Gasteiger partial charge in [0.15, 0.2) is 11.5 Å². The number of hydrogen-bond acceptors (Lipinski definition) is 6. The molecular formula is C18H24F3N5O2. The molecule has 0 N–H and O–H groups in total. The molecule has 0 saturated carbocycles. The molecular weight excluding hydrogens is 375 g/mol. The molecule has 0 unspecified atom stereocenters. The fourth-order valence-electron chi connectivity index (χ4n) is 3.88. The van der Waals surface area contributed by atoms with Crippen molar-refractivity contribution in [2.24, 2.45) is 0 Å². The first kappa shape index (κ1) is 19.4. The van der Waals surface area contributed by atoms with Gasteiger partial charge in [0.2, 0.25) is 0 Å². The maximum atomic E-state index is 13.2. The van der Waals surface area contributed by atoms with Crippen LogP contribution in [0, 0.1) is 13.8 Å². The molecule has 10 heteroatoms. The minimum atomic E-state index is -4.60. The molecule has 2 saturated heterocycles. The minimum Gasteiger partial charge on any atom is -0.381 e. The van der Waals surface area contributed by atoms with Crippen LogP contribution in [0.2, 0.25) is 0 Å². The van der Waals surface area contributed by atoms with Gasteiger partial charge in [-0.3, -0.25) is 0 Å². The van der Waals surface area contributed by atoms with Gasteiger partial charge in [-0.15, -0.1) is 15.3 Å². The fraction of sp³-hybridized carbons (Fsp3) is 0.722. The van der Waals surface area contributed by atoms with Gasteiger partial charge in [0.05, 0.1) is 12.2 Å². The van der Waals surface area contributed by atoms with E-state index in [-0.39, 0.29) is 17.9 Å². The molecule has 0 atom stereocenters. The zero-order valence-corrected chi connectivity index (χ0v) is 16.0. The number of fused-ring (bicyclic) bond motifs is 1. The number of rotatable bonds is 3. The number of anilines is 1. The SMILES string of the molecule is Cc1c(N2CCC(OC3CCOCC3)CC2)nn2c(C(F)(F)F)nnc2c1C. The summed E-state index contributed by atoms with van der Waals surface area (Å²) in [4.78, 5) is 2.03. The highest BCUT2D eigenvalue weighted by Gasteiger charge is 2.38. The summed E-state index contributed by atoms with van der Waals surface area (Å²) in [6, 6.07) is 0. The Hall–Kier alpha value is -1.94. The maximum absolute atomic E-state index is 13.2. The molecule has 0 bridgehead atoms. The second kappa shape index (κ2) is 7.47. The Morgan fingerprint density at radius 2 is 1.61 bits per heavy atom. The topological polar surface area (TPSA) is 64.8 Å². The van der Waals surface area contributed by atoms with E-state index in [0.29, 0.717) is 24.5 Å². The number of nitrogens with zero attached hydrogens (tertiary/aromatic N) is 5. The van der Waals surface area contributed by atoms with Crippen molar-refractivity contribution in [1.82, 2.24) is 19.8 Å². The number of aromatic nitrogens is 4. The Morgan fingerprint density at radius 1 is 0.964 bits per heavy atom. The van der Waals surface area contributed by atoms with Crippen LogP contribution >= 0.6 is 0 Å². The van der Waals surface area contributed by atoms with Crippen molar-refractivity contribution in [3.8, 4) is 0 Å². The molecule has 154 valence electrons. The third-order valence-corrected chi connectivity index (χ3v) is 5.62. The second-order valence-corrected chi connectivity index (χ2v) is 7.46. The molecule has 2 fully saturated rings. The molecule has 2 aromatic heterocycles. The molecule has 0 aromatic carbocycles. The molecule has 4 heterocycles. The largest absolute Gasteiger partial charge is 0.453 e. The van der Waals surface area contributed by atoms with Crippen molar-refractivity contribution < 1.29 is 22.6 Å². The van der Waals surface area contributed by atoms with Crippen LogP contribution in [0.5, 0.6) is 0 Å². The van der Waals surface area contributed by atoms with Crippen LogP contribution in [0.3, 0.4) is 0 Å². The minimum absolute atomic E-state index is 0.145. The predicted molar refractivity (Wildman–Crippen MR) is 95.4 cm³/mol. The Balaban J connectivity index is 1.52. The van der Waals surface area contributed by atoms with Crippen molar-refractivity contribution in [2.45, 2.75) is 57.9 Å². The van der Waals surface area contributed by atoms with Crippen LogP contribution < -0.4 is 4.90 Å². The molecule has 2 aliphatic heterocycles. The average molecular weight is 399 g/mol. The summed E-state index contributed by atoms with van der Waals surface area (Å²) in [5.41, 5.74) is 1.64. The molecule has 2 aliphatic rings. The van der Waals surface area contributed by atoms with Crippen molar-refractivity contribution in [2.75, 3.05) is 31.2 Å². The fourth-order valence-corrected chi connectivity index (χ4v) is 3.88. The number of halogens is 3. The molecule has 0 radical (unpaired) electrons. The van der Waals surface area contributed by atoms with E-state index in [1.165, 1.54) is 0 Å². The van der Waals surface area contributed by atoms with Crippen LogP contribution in [-0.2, 0) is 15.7 Å². The van der Waals surface area contributed by atoms with Gasteiger partial charge >= 0.3 is 6.18 Å². The molecule has 28 heavy (non-hydrogen) atoms. The van der Waals surface area contributed by atoms with Crippen molar-refractivity contribution in [3.05, 3.63) is 17.0 Å². The Labute approximate surface area is 160 Å². The van der Waals surface area contributed by atoms with Gasteiger partial charge in [0, 0.05) is 37.4 Å². The summed E-state index contributed by atoms with van der Waals surface area (Å²) in [6.07, 6.45) is -0.695. The zero-order valence-electron chi connectivity index (χ0n) is 16.0. The summed E-state index contributed by atoms with van der Waals surface area (Å²) in [5, 5.41) is 11.3. The Bertz CT molecular complexity index is 840. The third-order valence-electron chi connectivity index (χ3n) is 5.62. The normalized spacial score (nSPS) is 20.2. The monoisotopic (exact) mass is 399 g/mol. The third kappa shape index (κ3) is 3.67. The van der Waals surface area contributed by atoms with E-state index in [4.69, 9.17) is 9.47 Å². The summed E-state index contributed by atoms with van der Waals surface area (Å²) >= 11 is 0. The lowest BCUT2D eigenvalue weighted by atomic mass is 10.0. The van der Waals surface area contributed by atoms with E-state index in [9.17, 15) is 13.2 Å². The van der Waals surface area contributed by atoms with Gasteiger partial charge in [-0.1, -0.05) is 0 Å². The highest BCUT2D eigenvalue weighted by Crippen LogP contribution is 2.31. The second-order valence-electron chi connectivity index (χ2n) is 7.46. The summed E-state index contributed by atoms with van der Waals surface area (Å²) in [5.74, 6) is -0.538. The Morgan fingerprint density at radius 3 is 2.25 bits per heavy atom. The zero-order chi connectivity index (χ0) is 19.9. The maximum Gasteiger partial charge on any atom is 0.453 e. The summed E-state index contributed by atoms with van der Waals surface area (Å²) in [6.45, 7) is 6.49. The molecule has 7 nitrogen and oxygen atoms in total. The van der Waals surface area contributed by atoms with E-state index in [1.54, 1.807) is 6.92 Å². The molecule has 0 aliphatic carbocycles. The molecule has 4 rings (SSSR count). The molecule has 0 amide bonds. The number of aryl methyl sites for hydroxylation is 1. The quantitative estimate of drug-likeness (QED) is 0.791. The van der Waals surface area contributed by atoms with Gasteiger partial charge in [0.1, 0.15) is 0 Å².